The van der Waals surface area contributed by atoms with E-state index in [1.807, 2.05) is 24.3 Å². The molecule has 1 aromatic rings. The summed E-state index contributed by atoms with van der Waals surface area (Å²) < 4.78 is 15.3. The van der Waals surface area contributed by atoms with E-state index in [0.717, 1.165) is 11.4 Å². The first-order chi connectivity index (χ1) is 9.76. The Labute approximate surface area is 119 Å². The molecular formula is C14H22N2O4. The first-order valence-electron chi connectivity index (χ1n) is 6.47. The normalized spacial score (nSPS) is 10.1. The number of benzene rings is 1. The van der Waals surface area contributed by atoms with Crippen LogP contribution in [0.5, 0.6) is 5.75 Å². The Morgan fingerprint density at radius 1 is 1.15 bits per heavy atom. The van der Waals surface area contributed by atoms with Crippen molar-refractivity contribution in [3.63, 3.8) is 0 Å². The minimum absolute atomic E-state index is 0.0762. The molecule has 0 bridgehead atoms. The number of carbonyl (C=O) groups is 1. The lowest BCUT2D eigenvalue weighted by Crippen LogP contribution is -2.32. The second-order valence-corrected chi connectivity index (χ2v) is 4.07. The highest BCUT2D eigenvalue weighted by molar-refractivity contribution is 5.80. The van der Waals surface area contributed by atoms with Crippen LogP contribution in [0, 0.1) is 0 Å². The van der Waals surface area contributed by atoms with Gasteiger partial charge >= 0.3 is 0 Å². The third-order valence-electron chi connectivity index (χ3n) is 2.47. The van der Waals surface area contributed by atoms with Gasteiger partial charge in [0.15, 0.2) is 0 Å². The van der Waals surface area contributed by atoms with Crippen LogP contribution in [0.1, 0.15) is 0 Å². The smallest absolute Gasteiger partial charge is 0.239 e. The summed E-state index contributed by atoms with van der Waals surface area (Å²) in [6.07, 6.45) is 0. The third kappa shape index (κ3) is 6.96. The maximum atomic E-state index is 11.5. The van der Waals surface area contributed by atoms with Gasteiger partial charge < -0.3 is 24.8 Å². The lowest BCUT2D eigenvalue weighted by molar-refractivity contribution is -0.119. The van der Waals surface area contributed by atoms with Crippen LogP contribution in [-0.2, 0) is 14.3 Å². The van der Waals surface area contributed by atoms with Crippen molar-refractivity contribution in [3.05, 3.63) is 24.3 Å². The maximum absolute atomic E-state index is 11.5. The van der Waals surface area contributed by atoms with Crippen molar-refractivity contribution in [2.45, 2.75) is 0 Å². The van der Waals surface area contributed by atoms with E-state index in [2.05, 4.69) is 10.6 Å². The van der Waals surface area contributed by atoms with Gasteiger partial charge in [0.2, 0.25) is 5.91 Å². The molecule has 0 aliphatic heterocycles. The quantitative estimate of drug-likeness (QED) is 0.624. The third-order valence-corrected chi connectivity index (χ3v) is 2.47. The summed E-state index contributed by atoms with van der Waals surface area (Å²) in [7, 11) is 3.23. The Kier molecular flexibility index (Phi) is 8.17. The van der Waals surface area contributed by atoms with Crippen molar-refractivity contribution >= 4 is 11.6 Å². The number of hydrogen-bond acceptors (Lipinski definition) is 5. The van der Waals surface area contributed by atoms with Crippen LogP contribution in [0.15, 0.2) is 24.3 Å². The Morgan fingerprint density at radius 3 is 2.70 bits per heavy atom. The van der Waals surface area contributed by atoms with E-state index in [0.29, 0.717) is 26.4 Å². The molecule has 0 saturated carbocycles. The fraction of sp³-hybridized carbons (Fsp3) is 0.500. The van der Waals surface area contributed by atoms with Gasteiger partial charge in [-0.15, -0.1) is 0 Å². The highest BCUT2D eigenvalue weighted by Crippen LogP contribution is 2.16. The fourth-order valence-corrected chi connectivity index (χ4v) is 1.48. The van der Waals surface area contributed by atoms with Crippen molar-refractivity contribution in [3.8, 4) is 5.75 Å². The van der Waals surface area contributed by atoms with Crippen molar-refractivity contribution in [1.82, 2.24) is 5.32 Å². The minimum atomic E-state index is -0.0762. The van der Waals surface area contributed by atoms with Crippen LogP contribution < -0.4 is 15.4 Å². The summed E-state index contributed by atoms with van der Waals surface area (Å²) in [6.45, 7) is 2.27. The lowest BCUT2D eigenvalue weighted by Gasteiger charge is -2.10. The van der Waals surface area contributed by atoms with E-state index in [-0.39, 0.29) is 12.5 Å². The van der Waals surface area contributed by atoms with E-state index in [9.17, 15) is 4.79 Å². The second-order valence-electron chi connectivity index (χ2n) is 4.07. The standard InChI is InChI=1S/C14H22N2O4/c1-18-7-6-15-14(17)11-16-12-4-3-5-13(10-12)20-9-8-19-2/h3-5,10,16H,6-9,11H2,1-2H3,(H,15,17). The average Bonchev–Trinajstić information content (AvgIpc) is 2.46. The summed E-state index contributed by atoms with van der Waals surface area (Å²) >= 11 is 0. The number of rotatable bonds is 10. The second kappa shape index (κ2) is 10.1. The topological polar surface area (TPSA) is 68.8 Å². The van der Waals surface area contributed by atoms with Crippen LogP contribution in [0.2, 0.25) is 0 Å². The van der Waals surface area contributed by atoms with Gasteiger partial charge in [-0.2, -0.15) is 0 Å². The molecule has 0 aliphatic carbocycles. The molecule has 6 heteroatoms. The number of methoxy groups -OCH3 is 2. The van der Waals surface area contributed by atoms with Crippen LogP contribution in [0.25, 0.3) is 0 Å². The highest BCUT2D eigenvalue weighted by Gasteiger charge is 2.01. The summed E-state index contributed by atoms with van der Waals surface area (Å²) in [5.41, 5.74) is 0.835. The average molecular weight is 282 g/mol. The van der Waals surface area contributed by atoms with Crippen LogP contribution in [0.4, 0.5) is 5.69 Å². The monoisotopic (exact) mass is 282 g/mol. The van der Waals surface area contributed by atoms with Crippen molar-refractivity contribution in [1.29, 1.82) is 0 Å². The number of hydrogen-bond donors (Lipinski definition) is 2. The SMILES string of the molecule is COCCNC(=O)CNc1cccc(OCCOC)c1. The molecule has 0 saturated heterocycles. The fourth-order valence-electron chi connectivity index (χ4n) is 1.48. The number of amides is 1. The van der Waals surface area contributed by atoms with E-state index in [4.69, 9.17) is 14.2 Å². The zero-order chi connectivity index (χ0) is 14.6. The summed E-state index contributed by atoms with van der Waals surface area (Å²) in [6, 6.07) is 7.45. The van der Waals surface area contributed by atoms with Crippen molar-refractivity contribution in [2.24, 2.45) is 0 Å². The number of anilines is 1. The summed E-state index contributed by atoms with van der Waals surface area (Å²) in [4.78, 5) is 11.5. The Hall–Kier alpha value is -1.79. The molecule has 112 valence electrons. The Morgan fingerprint density at radius 2 is 1.95 bits per heavy atom. The molecule has 1 amide bonds. The van der Waals surface area contributed by atoms with Crippen LogP contribution in [-0.4, -0.2) is 53.0 Å². The molecule has 20 heavy (non-hydrogen) atoms. The number of nitrogens with one attached hydrogen (secondary N) is 2. The summed E-state index contributed by atoms with van der Waals surface area (Å²) in [5.74, 6) is 0.666. The molecule has 1 rings (SSSR count). The predicted molar refractivity (Wildman–Crippen MR) is 77.2 cm³/mol. The van der Waals surface area contributed by atoms with E-state index < -0.39 is 0 Å². The molecule has 0 fully saturated rings. The molecule has 0 aliphatic rings. The van der Waals surface area contributed by atoms with Crippen molar-refractivity contribution in [2.75, 3.05) is 52.4 Å². The molecule has 6 nitrogen and oxygen atoms in total. The Balaban J connectivity index is 2.32. The molecule has 0 spiro atoms. The van der Waals surface area contributed by atoms with Gasteiger partial charge in [0.25, 0.3) is 0 Å². The molecule has 1 aromatic carbocycles. The van der Waals surface area contributed by atoms with Crippen LogP contribution in [0.3, 0.4) is 0 Å². The highest BCUT2D eigenvalue weighted by atomic mass is 16.5. The van der Waals surface area contributed by atoms with E-state index in [1.54, 1.807) is 14.2 Å². The van der Waals surface area contributed by atoms with Gasteiger partial charge in [-0.3, -0.25) is 4.79 Å². The van der Waals surface area contributed by atoms with Gasteiger partial charge in [0.05, 0.1) is 19.8 Å². The maximum Gasteiger partial charge on any atom is 0.239 e. The lowest BCUT2D eigenvalue weighted by atomic mass is 10.3. The van der Waals surface area contributed by atoms with Gasteiger partial charge in [-0.25, -0.2) is 0 Å². The molecule has 0 unspecified atom stereocenters. The largest absolute Gasteiger partial charge is 0.491 e. The predicted octanol–water partition coefficient (Wildman–Crippen LogP) is 0.886. The Bertz CT molecular complexity index is 399. The van der Waals surface area contributed by atoms with E-state index in [1.165, 1.54) is 0 Å². The minimum Gasteiger partial charge on any atom is -0.491 e. The van der Waals surface area contributed by atoms with Crippen LogP contribution >= 0.6 is 0 Å². The molecule has 0 heterocycles. The van der Waals surface area contributed by atoms with Gasteiger partial charge in [0, 0.05) is 32.5 Å². The molecule has 0 atom stereocenters. The molecule has 0 aromatic heterocycles. The van der Waals surface area contributed by atoms with Gasteiger partial charge in [0.1, 0.15) is 12.4 Å². The number of carbonyl (C=O) groups excluding carboxylic acids is 1. The first kappa shape index (κ1) is 16.3. The van der Waals surface area contributed by atoms with E-state index >= 15 is 0 Å². The number of ether oxygens (including phenoxy) is 3. The molecule has 0 radical (unpaired) electrons. The van der Waals surface area contributed by atoms with Crippen molar-refractivity contribution < 1.29 is 19.0 Å². The molecule has 2 N–H and O–H groups in total. The van der Waals surface area contributed by atoms with Gasteiger partial charge in [-0.05, 0) is 12.1 Å². The van der Waals surface area contributed by atoms with Gasteiger partial charge in [-0.1, -0.05) is 6.07 Å². The zero-order valence-electron chi connectivity index (χ0n) is 12.0. The zero-order valence-corrected chi connectivity index (χ0v) is 12.0. The first-order valence-corrected chi connectivity index (χ1v) is 6.47. The summed E-state index contributed by atoms with van der Waals surface area (Å²) in [5, 5.41) is 5.77. The molecular weight excluding hydrogens is 260 g/mol.